The van der Waals surface area contributed by atoms with E-state index in [1.54, 1.807) is 4.68 Å². The molecule has 1 amide bonds. The Bertz CT molecular complexity index is 833. The van der Waals surface area contributed by atoms with Gasteiger partial charge in [0.1, 0.15) is 0 Å². The minimum atomic E-state index is -0.162. The van der Waals surface area contributed by atoms with E-state index in [1.165, 1.54) is 16.8 Å². The molecule has 1 fully saturated rings. The maximum absolute atomic E-state index is 12.8. The van der Waals surface area contributed by atoms with Crippen LogP contribution in [0.3, 0.4) is 0 Å². The molecule has 1 aromatic heterocycles. The molecule has 0 spiro atoms. The predicted molar refractivity (Wildman–Crippen MR) is 110 cm³/mol. The van der Waals surface area contributed by atoms with Crippen LogP contribution in [0.15, 0.2) is 18.2 Å². The topological polar surface area (TPSA) is 53.4 Å². The van der Waals surface area contributed by atoms with Crippen molar-refractivity contribution >= 4 is 17.3 Å². The van der Waals surface area contributed by atoms with Crippen LogP contribution < -0.4 is 10.2 Å². The van der Waals surface area contributed by atoms with E-state index in [1.807, 2.05) is 27.8 Å². The Labute approximate surface area is 162 Å². The van der Waals surface area contributed by atoms with Gasteiger partial charge in [-0.05, 0) is 51.8 Å². The van der Waals surface area contributed by atoms with Crippen LogP contribution in [-0.2, 0) is 11.8 Å². The largest absolute Gasteiger partial charge is 0.369 e. The number of aryl methyl sites for hydroxylation is 3. The summed E-state index contributed by atoms with van der Waals surface area (Å²) in [4.78, 5) is 17.5. The highest BCUT2D eigenvalue weighted by Crippen LogP contribution is 2.24. The van der Waals surface area contributed by atoms with Crippen LogP contribution in [0.25, 0.3) is 0 Å². The number of benzene rings is 1. The molecule has 146 valence electrons. The summed E-state index contributed by atoms with van der Waals surface area (Å²) in [5, 5.41) is 7.45. The van der Waals surface area contributed by atoms with Gasteiger partial charge in [0.05, 0.1) is 23.1 Å². The van der Waals surface area contributed by atoms with Crippen molar-refractivity contribution in [1.82, 2.24) is 14.7 Å². The average Bonchev–Trinajstić information content (AvgIpc) is 2.89. The van der Waals surface area contributed by atoms with Gasteiger partial charge in [0, 0.05) is 38.9 Å². The average molecular weight is 370 g/mol. The molecule has 2 heterocycles. The van der Waals surface area contributed by atoms with Gasteiger partial charge >= 0.3 is 0 Å². The van der Waals surface area contributed by atoms with E-state index < -0.39 is 0 Å². The third-order valence-electron chi connectivity index (χ3n) is 5.92. The van der Waals surface area contributed by atoms with Crippen molar-refractivity contribution in [3.8, 4) is 0 Å². The lowest BCUT2D eigenvalue weighted by atomic mass is 10.1. The fourth-order valence-corrected chi connectivity index (χ4v) is 3.78. The molecular formula is C21H31N5O. The molecule has 1 atom stereocenters. The van der Waals surface area contributed by atoms with Gasteiger partial charge in [-0.3, -0.25) is 14.4 Å². The number of carbonyl (C=O) groups excluding carboxylic acids is 1. The van der Waals surface area contributed by atoms with Crippen LogP contribution >= 0.6 is 0 Å². The highest BCUT2D eigenvalue weighted by Gasteiger charge is 2.27. The zero-order valence-corrected chi connectivity index (χ0v) is 17.3. The van der Waals surface area contributed by atoms with Crippen LogP contribution in [0.5, 0.6) is 0 Å². The molecule has 2 aromatic rings. The summed E-state index contributed by atoms with van der Waals surface area (Å²) in [6, 6.07) is 6.31. The number of carbonyl (C=O) groups is 1. The Hall–Kier alpha value is -2.34. The van der Waals surface area contributed by atoms with E-state index in [9.17, 15) is 4.79 Å². The number of amides is 1. The summed E-state index contributed by atoms with van der Waals surface area (Å²) in [7, 11) is 1.90. The fraction of sp³-hybridized carbons (Fsp3) is 0.524. The number of hydrogen-bond donors (Lipinski definition) is 1. The van der Waals surface area contributed by atoms with Crippen LogP contribution in [0.1, 0.15) is 29.4 Å². The van der Waals surface area contributed by atoms with Crippen LogP contribution in [-0.4, -0.2) is 52.8 Å². The van der Waals surface area contributed by atoms with Gasteiger partial charge in [0.25, 0.3) is 0 Å². The number of rotatable bonds is 4. The van der Waals surface area contributed by atoms with Crippen molar-refractivity contribution in [1.29, 1.82) is 0 Å². The zero-order valence-electron chi connectivity index (χ0n) is 17.3. The maximum atomic E-state index is 12.8. The molecule has 3 rings (SSSR count). The minimum absolute atomic E-state index is 0.0365. The van der Waals surface area contributed by atoms with E-state index in [0.717, 1.165) is 43.3 Å². The molecule has 1 saturated heterocycles. The molecule has 0 bridgehead atoms. The molecule has 0 aliphatic carbocycles. The number of nitrogens with one attached hydrogen (secondary N) is 1. The van der Waals surface area contributed by atoms with E-state index in [0.29, 0.717) is 0 Å². The van der Waals surface area contributed by atoms with Crippen molar-refractivity contribution in [2.24, 2.45) is 7.05 Å². The Balaban J connectivity index is 1.62. The second kappa shape index (κ2) is 7.72. The number of nitrogens with zero attached hydrogens (tertiary/aromatic N) is 4. The second-order valence-electron chi connectivity index (χ2n) is 7.58. The molecule has 1 N–H and O–H groups in total. The third kappa shape index (κ3) is 3.86. The molecule has 1 aromatic carbocycles. The fourth-order valence-electron chi connectivity index (χ4n) is 3.78. The molecule has 0 radical (unpaired) electrons. The zero-order chi connectivity index (χ0) is 19.7. The van der Waals surface area contributed by atoms with Crippen LogP contribution in [0.2, 0.25) is 0 Å². The highest BCUT2D eigenvalue weighted by molar-refractivity contribution is 5.95. The Kier molecular flexibility index (Phi) is 5.56. The van der Waals surface area contributed by atoms with E-state index >= 15 is 0 Å². The Morgan fingerprint density at radius 2 is 1.78 bits per heavy atom. The van der Waals surface area contributed by atoms with Crippen molar-refractivity contribution in [3.05, 3.63) is 40.7 Å². The van der Waals surface area contributed by atoms with Crippen LogP contribution in [0, 0.1) is 27.7 Å². The summed E-state index contributed by atoms with van der Waals surface area (Å²) in [6.07, 6.45) is 0. The van der Waals surface area contributed by atoms with Crippen LogP contribution in [0.4, 0.5) is 11.4 Å². The molecule has 6 heteroatoms. The summed E-state index contributed by atoms with van der Waals surface area (Å²) in [5.74, 6) is 0.0365. The lowest BCUT2D eigenvalue weighted by Gasteiger charge is -2.39. The Morgan fingerprint density at radius 1 is 1.11 bits per heavy atom. The molecule has 6 nitrogen and oxygen atoms in total. The molecular weight excluding hydrogens is 338 g/mol. The first-order valence-corrected chi connectivity index (χ1v) is 9.66. The minimum Gasteiger partial charge on any atom is -0.369 e. The predicted octanol–water partition coefficient (Wildman–Crippen LogP) is 2.80. The number of piperazine rings is 1. The maximum Gasteiger partial charge on any atom is 0.241 e. The lowest BCUT2D eigenvalue weighted by Crippen LogP contribution is -2.53. The van der Waals surface area contributed by atoms with E-state index in [2.05, 4.69) is 52.3 Å². The number of hydrogen-bond acceptors (Lipinski definition) is 4. The van der Waals surface area contributed by atoms with Crippen molar-refractivity contribution in [2.45, 2.75) is 40.7 Å². The number of anilines is 2. The third-order valence-corrected chi connectivity index (χ3v) is 5.92. The second-order valence-corrected chi connectivity index (χ2v) is 7.58. The first-order valence-electron chi connectivity index (χ1n) is 9.66. The summed E-state index contributed by atoms with van der Waals surface area (Å²) in [5.41, 5.74) is 6.66. The molecule has 1 aliphatic rings. The number of aromatic nitrogens is 2. The van der Waals surface area contributed by atoms with Gasteiger partial charge in [-0.25, -0.2) is 0 Å². The van der Waals surface area contributed by atoms with Crippen molar-refractivity contribution in [3.63, 3.8) is 0 Å². The van der Waals surface area contributed by atoms with Gasteiger partial charge in [-0.1, -0.05) is 12.1 Å². The van der Waals surface area contributed by atoms with E-state index in [4.69, 9.17) is 0 Å². The SMILES string of the molecule is Cc1cccc(N2CCN([C@@H](C)C(=O)Nc3c(C)nn(C)c3C)CC2)c1C. The molecule has 0 unspecified atom stereocenters. The Morgan fingerprint density at radius 3 is 2.37 bits per heavy atom. The van der Waals surface area contributed by atoms with Crippen molar-refractivity contribution in [2.75, 3.05) is 36.4 Å². The van der Waals surface area contributed by atoms with Gasteiger partial charge < -0.3 is 10.2 Å². The molecule has 1 aliphatic heterocycles. The smallest absolute Gasteiger partial charge is 0.241 e. The van der Waals surface area contributed by atoms with Gasteiger partial charge in [-0.15, -0.1) is 0 Å². The van der Waals surface area contributed by atoms with Gasteiger partial charge in [0.2, 0.25) is 5.91 Å². The molecule has 0 saturated carbocycles. The van der Waals surface area contributed by atoms with E-state index in [-0.39, 0.29) is 11.9 Å². The van der Waals surface area contributed by atoms with Gasteiger partial charge in [-0.2, -0.15) is 5.10 Å². The summed E-state index contributed by atoms with van der Waals surface area (Å²) < 4.78 is 1.80. The van der Waals surface area contributed by atoms with Gasteiger partial charge in [0.15, 0.2) is 0 Å². The first kappa shape index (κ1) is 19.4. The first-order chi connectivity index (χ1) is 12.8. The monoisotopic (exact) mass is 369 g/mol. The standard InChI is InChI=1S/C21H31N5O/c1-14-8-7-9-19(15(14)2)26-12-10-25(11-13-26)18(5)21(27)22-20-16(3)23-24(6)17(20)4/h7-9,18H,10-13H2,1-6H3,(H,22,27)/t18-/m0/s1. The summed E-state index contributed by atoms with van der Waals surface area (Å²) >= 11 is 0. The quantitative estimate of drug-likeness (QED) is 0.900. The van der Waals surface area contributed by atoms with Crippen molar-refractivity contribution < 1.29 is 4.79 Å². The highest BCUT2D eigenvalue weighted by atomic mass is 16.2. The lowest BCUT2D eigenvalue weighted by molar-refractivity contribution is -0.120. The normalized spacial score (nSPS) is 16.4. The summed E-state index contributed by atoms with van der Waals surface area (Å²) in [6.45, 7) is 13.9. The molecule has 27 heavy (non-hydrogen) atoms.